The summed E-state index contributed by atoms with van der Waals surface area (Å²) in [5.41, 5.74) is 0.567. The fourth-order valence-electron chi connectivity index (χ4n) is 3.76. The van der Waals surface area contributed by atoms with Gasteiger partial charge in [-0.25, -0.2) is 0 Å². The predicted octanol–water partition coefficient (Wildman–Crippen LogP) is 3.95. The SMILES string of the molecule is CCC(C)(C)C1CCC(NC(=O)CNC(=O)CNC(=O)c2ccc(Cl)cc2Cl)CC1. The Bertz CT molecular complexity index is 775. The molecule has 0 aromatic heterocycles. The lowest BCUT2D eigenvalue weighted by Crippen LogP contribution is -2.46. The second-order valence-corrected chi connectivity index (χ2v) is 9.39. The molecule has 30 heavy (non-hydrogen) atoms. The van der Waals surface area contributed by atoms with E-state index in [-0.39, 0.29) is 35.6 Å². The first-order valence-electron chi connectivity index (χ1n) is 10.4. The quantitative estimate of drug-likeness (QED) is 0.554. The van der Waals surface area contributed by atoms with Crippen LogP contribution < -0.4 is 16.0 Å². The van der Waals surface area contributed by atoms with Gasteiger partial charge in [-0.1, -0.05) is 50.4 Å². The van der Waals surface area contributed by atoms with E-state index in [0.717, 1.165) is 32.1 Å². The van der Waals surface area contributed by atoms with E-state index in [0.29, 0.717) is 16.4 Å². The zero-order valence-electron chi connectivity index (χ0n) is 17.8. The lowest BCUT2D eigenvalue weighted by Gasteiger charge is -2.39. The van der Waals surface area contributed by atoms with Crippen LogP contribution in [-0.4, -0.2) is 36.9 Å². The Morgan fingerprint density at radius 3 is 2.23 bits per heavy atom. The Morgan fingerprint density at radius 1 is 1.00 bits per heavy atom. The van der Waals surface area contributed by atoms with Crippen molar-refractivity contribution in [3.63, 3.8) is 0 Å². The van der Waals surface area contributed by atoms with Crippen LogP contribution in [0, 0.1) is 11.3 Å². The molecule has 1 aliphatic carbocycles. The largest absolute Gasteiger partial charge is 0.352 e. The van der Waals surface area contributed by atoms with Gasteiger partial charge in [-0.05, 0) is 55.2 Å². The zero-order valence-corrected chi connectivity index (χ0v) is 19.3. The summed E-state index contributed by atoms with van der Waals surface area (Å²) in [7, 11) is 0. The Kier molecular flexibility index (Phi) is 8.98. The number of hydrogen-bond acceptors (Lipinski definition) is 3. The maximum Gasteiger partial charge on any atom is 0.253 e. The van der Waals surface area contributed by atoms with E-state index < -0.39 is 11.8 Å². The number of rotatable bonds is 8. The van der Waals surface area contributed by atoms with E-state index in [1.807, 2.05) is 0 Å². The molecule has 166 valence electrons. The van der Waals surface area contributed by atoms with Gasteiger partial charge in [0.25, 0.3) is 5.91 Å². The maximum atomic E-state index is 12.1. The Hall–Kier alpha value is -1.79. The van der Waals surface area contributed by atoms with Crippen molar-refractivity contribution in [2.24, 2.45) is 11.3 Å². The molecule has 0 spiro atoms. The molecule has 0 unspecified atom stereocenters. The molecule has 1 saturated carbocycles. The van der Waals surface area contributed by atoms with Crippen LogP contribution in [0.2, 0.25) is 10.0 Å². The third kappa shape index (κ3) is 7.17. The number of amides is 3. The van der Waals surface area contributed by atoms with E-state index in [1.165, 1.54) is 12.1 Å². The van der Waals surface area contributed by atoms with Crippen molar-refractivity contribution in [1.29, 1.82) is 0 Å². The van der Waals surface area contributed by atoms with Crippen LogP contribution in [0.5, 0.6) is 0 Å². The Labute approximate surface area is 188 Å². The fourth-order valence-corrected chi connectivity index (χ4v) is 4.25. The zero-order chi connectivity index (χ0) is 22.3. The molecule has 6 nitrogen and oxygen atoms in total. The van der Waals surface area contributed by atoms with Gasteiger partial charge in [0.1, 0.15) is 0 Å². The van der Waals surface area contributed by atoms with Crippen molar-refractivity contribution in [3.8, 4) is 0 Å². The number of halogens is 2. The molecule has 3 amide bonds. The second kappa shape index (κ2) is 11.0. The van der Waals surface area contributed by atoms with Crippen LogP contribution in [0.15, 0.2) is 18.2 Å². The van der Waals surface area contributed by atoms with E-state index in [4.69, 9.17) is 23.2 Å². The lowest BCUT2D eigenvalue weighted by molar-refractivity contribution is -0.126. The summed E-state index contributed by atoms with van der Waals surface area (Å²) in [4.78, 5) is 36.2. The third-order valence-electron chi connectivity index (χ3n) is 6.14. The minimum Gasteiger partial charge on any atom is -0.352 e. The molecule has 0 saturated heterocycles. The van der Waals surface area contributed by atoms with Gasteiger partial charge in [0.2, 0.25) is 11.8 Å². The van der Waals surface area contributed by atoms with Gasteiger partial charge in [0.15, 0.2) is 0 Å². The smallest absolute Gasteiger partial charge is 0.253 e. The molecule has 0 radical (unpaired) electrons. The van der Waals surface area contributed by atoms with Gasteiger partial charge in [-0.15, -0.1) is 0 Å². The topological polar surface area (TPSA) is 87.3 Å². The minimum absolute atomic E-state index is 0.114. The molecule has 1 aromatic rings. The molecule has 2 rings (SSSR count). The number of hydrogen-bond donors (Lipinski definition) is 3. The van der Waals surface area contributed by atoms with Gasteiger partial charge in [0.05, 0.1) is 23.7 Å². The van der Waals surface area contributed by atoms with E-state index in [1.54, 1.807) is 6.07 Å². The molecule has 1 aromatic carbocycles. The highest BCUT2D eigenvalue weighted by molar-refractivity contribution is 6.36. The summed E-state index contributed by atoms with van der Waals surface area (Å²) in [6.45, 7) is 6.49. The molecule has 8 heteroatoms. The normalized spacial score (nSPS) is 19.1. The summed E-state index contributed by atoms with van der Waals surface area (Å²) in [6, 6.07) is 4.65. The number of nitrogens with one attached hydrogen (secondary N) is 3. The van der Waals surface area contributed by atoms with Gasteiger partial charge >= 0.3 is 0 Å². The number of benzene rings is 1. The van der Waals surface area contributed by atoms with Crippen LogP contribution in [0.3, 0.4) is 0 Å². The van der Waals surface area contributed by atoms with Gasteiger partial charge < -0.3 is 16.0 Å². The summed E-state index contributed by atoms with van der Waals surface area (Å²) >= 11 is 11.8. The average molecular weight is 456 g/mol. The predicted molar refractivity (Wildman–Crippen MR) is 120 cm³/mol. The lowest BCUT2D eigenvalue weighted by atomic mass is 9.69. The first-order chi connectivity index (χ1) is 14.1. The highest BCUT2D eigenvalue weighted by Gasteiger charge is 2.32. The summed E-state index contributed by atoms with van der Waals surface area (Å²) in [5, 5.41) is 8.62. The summed E-state index contributed by atoms with van der Waals surface area (Å²) in [5.74, 6) is -0.457. The molecule has 0 atom stereocenters. The molecule has 0 heterocycles. The summed E-state index contributed by atoms with van der Waals surface area (Å²) in [6.07, 6.45) is 5.30. The van der Waals surface area contributed by atoms with Crippen LogP contribution in [0.4, 0.5) is 0 Å². The monoisotopic (exact) mass is 455 g/mol. The molecule has 3 N–H and O–H groups in total. The Morgan fingerprint density at radius 2 is 1.63 bits per heavy atom. The molecule has 1 fully saturated rings. The van der Waals surface area contributed by atoms with Crippen molar-refractivity contribution in [3.05, 3.63) is 33.8 Å². The van der Waals surface area contributed by atoms with Gasteiger partial charge in [0, 0.05) is 11.1 Å². The number of carbonyl (C=O) groups is 3. The van der Waals surface area contributed by atoms with Crippen molar-refractivity contribution < 1.29 is 14.4 Å². The first-order valence-corrected chi connectivity index (χ1v) is 11.2. The van der Waals surface area contributed by atoms with E-state index in [2.05, 4.69) is 36.7 Å². The van der Waals surface area contributed by atoms with E-state index in [9.17, 15) is 14.4 Å². The van der Waals surface area contributed by atoms with Crippen molar-refractivity contribution in [2.75, 3.05) is 13.1 Å². The standard InChI is InChI=1S/C22H31Cl2N3O3/c1-4-22(2,3)14-5-8-16(9-6-14)27-20(29)13-25-19(28)12-26-21(30)17-10-7-15(23)11-18(17)24/h7,10-11,14,16H,4-6,8-9,12-13H2,1-3H3,(H,25,28)(H,26,30)(H,27,29). The second-order valence-electron chi connectivity index (χ2n) is 8.54. The first kappa shape index (κ1) is 24.5. The molecular weight excluding hydrogens is 425 g/mol. The molecular formula is C22H31Cl2N3O3. The minimum atomic E-state index is -0.483. The van der Waals surface area contributed by atoms with Crippen molar-refractivity contribution in [2.45, 2.75) is 58.9 Å². The highest BCUT2D eigenvalue weighted by Crippen LogP contribution is 2.40. The van der Waals surface area contributed by atoms with Crippen LogP contribution in [0.1, 0.15) is 63.2 Å². The van der Waals surface area contributed by atoms with Crippen LogP contribution in [-0.2, 0) is 9.59 Å². The van der Waals surface area contributed by atoms with Crippen LogP contribution in [0.25, 0.3) is 0 Å². The molecule has 0 aliphatic heterocycles. The van der Waals surface area contributed by atoms with Crippen LogP contribution >= 0.6 is 23.2 Å². The maximum absolute atomic E-state index is 12.1. The third-order valence-corrected chi connectivity index (χ3v) is 6.69. The average Bonchev–Trinajstić information content (AvgIpc) is 2.71. The molecule has 0 bridgehead atoms. The van der Waals surface area contributed by atoms with E-state index >= 15 is 0 Å². The fraction of sp³-hybridized carbons (Fsp3) is 0.591. The van der Waals surface area contributed by atoms with Gasteiger partial charge in [-0.3, -0.25) is 14.4 Å². The van der Waals surface area contributed by atoms with Crippen molar-refractivity contribution in [1.82, 2.24) is 16.0 Å². The van der Waals surface area contributed by atoms with Gasteiger partial charge in [-0.2, -0.15) is 0 Å². The highest BCUT2D eigenvalue weighted by atomic mass is 35.5. The molecule has 1 aliphatic rings. The Balaban J connectivity index is 1.67. The van der Waals surface area contributed by atoms with Crippen molar-refractivity contribution >= 4 is 40.9 Å². The number of carbonyl (C=O) groups excluding carboxylic acids is 3. The summed E-state index contributed by atoms with van der Waals surface area (Å²) < 4.78 is 0.